The van der Waals surface area contributed by atoms with Crippen LogP contribution >= 0.6 is 0 Å². The van der Waals surface area contributed by atoms with Crippen molar-refractivity contribution in [3.05, 3.63) is 29.8 Å². The van der Waals surface area contributed by atoms with E-state index in [2.05, 4.69) is 5.32 Å². The molecule has 0 radical (unpaired) electrons. The summed E-state index contributed by atoms with van der Waals surface area (Å²) in [6.45, 7) is 3.14. The molecule has 0 fully saturated rings. The molecule has 1 atom stereocenters. The Labute approximate surface area is 77.4 Å². The molecule has 0 aliphatic heterocycles. The fraction of sp³-hybridized carbons (Fsp3) is 0.300. The molecule has 70 valence electrons. The highest BCUT2D eigenvalue weighted by Gasteiger charge is 2.01. The summed E-state index contributed by atoms with van der Waals surface area (Å²) < 4.78 is 0. The normalized spacial score (nSPS) is 12.2. The molecule has 0 aliphatic rings. The lowest BCUT2D eigenvalue weighted by Crippen LogP contribution is -2.06. The number of benzene rings is 1. The Morgan fingerprint density at radius 2 is 2.23 bits per heavy atom. The molecule has 1 aromatic carbocycles. The van der Waals surface area contributed by atoms with Gasteiger partial charge in [0.1, 0.15) is 0 Å². The van der Waals surface area contributed by atoms with Crippen molar-refractivity contribution >= 4 is 11.6 Å². The highest BCUT2D eigenvalue weighted by atomic mass is 16.3. The molecule has 0 saturated heterocycles. The third-order valence-corrected chi connectivity index (χ3v) is 1.69. The van der Waals surface area contributed by atoms with Gasteiger partial charge in [-0.1, -0.05) is 12.1 Å². The zero-order chi connectivity index (χ0) is 9.84. The molecule has 0 spiro atoms. The summed E-state index contributed by atoms with van der Waals surface area (Å²) in [5, 5.41) is 11.9. The van der Waals surface area contributed by atoms with Gasteiger partial charge in [0.05, 0.1) is 6.10 Å². The minimum atomic E-state index is -0.506. The van der Waals surface area contributed by atoms with E-state index in [1.807, 2.05) is 6.07 Å². The lowest BCUT2D eigenvalue weighted by molar-refractivity contribution is -0.114. The van der Waals surface area contributed by atoms with Crippen LogP contribution in [0.25, 0.3) is 0 Å². The van der Waals surface area contributed by atoms with Crippen LogP contribution in [0.15, 0.2) is 24.3 Å². The van der Waals surface area contributed by atoms with Crippen LogP contribution in [0.3, 0.4) is 0 Å². The molecule has 0 aliphatic carbocycles. The number of carbonyl (C=O) groups is 1. The van der Waals surface area contributed by atoms with Crippen molar-refractivity contribution in [1.29, 1.82) is 0 Å². The van der Waals surface area contributed by atoms with E-state index in [9.17, 15) is 9.90 Å². The van der Waals surface area contributed by atoms with Gasteiger partial charge in [-0.25, -0.2) is 0 Å². The van der Waals surface area contributed by atoms with Crippen LogP contribution in [0.4, 0.5) is 5.69 Å². The Hall–Kier alpha value is -1.35. The molecule has 3 heteroatoms. The van der Waals surface area contributed by atoms with E-state index in [1.165, 1.54) is 6.92 Å². The van der Waals surface area contributed by atoms with Crippen LogP contribution in [-0.2, 0) is 4.79 Å². The lowest BCUT2D eigenvalue weighted by Gasteiger charge is -2.07. The zero-order valence-electron chi connectivity index (χ0n) is 7.74. The van der Waals surface area contributed by atoms with Gasteiger partial charge in [-0.2, -0.15) is 0 Å². The molecule has 3 nitrogen and oxygen atoms in total. The summed E-state index contributed by atoms with van der Waals surface area (Å²) in [4.78, 5) is 10.7. The molecular weight excluding hydrogens is 166 g/mol. The predicted molar refractivity (Wildman–Crippen MR) is 51.4 cm³/mol. The minimum absolute atomic E-state index is 0.109. The Morgan fingerprint density at radius 1 is 1.54 bits per heavy atom. The van der Waals surface area contributed by atoms with Crippen molar-refractivity contribution in [2.24, 2.45) is 0 Å². The molecule has 1 rings (SSSR count). The second-order valence-corrected chi connectivity index (χ2v) is 2.98. The van der Waals surface area contributed by atoms with Crippen LogP contribution in [0.5, 0.6) is 0 Å². The highest BCUT2D eigenvalue weighted by molar-refractivity contribution is 5.88. The van der Waals surface area contributed by atoms with Crippen molar-refractivity contribution in [2.45, 2.75) is 20.0 Å². The molecule has 1 amide bonds. The third-order valence-electron chi connectivity index (χ3n) is 1.69. The number of aliphatic hydroxyl groups excluding tert-OH is 1. The van der Waals surface area contributed by atoms with Crippen molar-refractivity contribution in [3.63, 3.8) is 0 Å². The summed E-state index contributed by atoms with van der Waals surface area (Å²) in [6, 6.07) is 7.16. The number of amides is 1. The topological polar surface area (TPSA) is 49.3 Å². The first-order valence-corrected chi connectivity index (χ1v) is 4.15. The van der Waals surface area contributed by atoms with Crippen LogP contribution in [-0.4, -0.2) is 11.0 Å². The van der Waals surface area contributed by atoms with E-state index in [-0.39, 0.29) is 5.91 Å². The predicted octanol–water partition coefficient (Wildman–Crippen LogP) is 1.70. The van der Waals surface area contributed by atoms with Gasteiger partial charge in [0, 0.05) is 12.6 Å². The molecule has 1 aromatic rings. The second-order valence-electron chi connectivity index (χ2n) is 2.98. The number of anilines is 1. The Balaban J connectivity index is 2.85. The number of nitrogens with one attached hydrogen (secondary N) is 1. The molecule has 0 heterocycles. The Bertz CT molecular complexity index is 308. The van der Waals surface area contributed by atoms with E-state index in [4.69, 9.17) is 0 Å². The second kappa shape index (κ2) is 4.05. The maximum Gasteiger partial charge on any atom is 0.221 e. The van der Waals surface area contributed by atoms with Gasteiger partial charge in [0.15, 0.2) is 0 Å². The maximum absolute atomic E-state index is 10.7. The van der Waals surface area contributed by atoms with Crippen LogP contribution in [0.2, 0.25) is 0 Å². The van der Waals surface area contributed by atoms with E-state index < -0.39 is 6.10 Å². The van der Waals surface area contributed by atoms with Gasteiger partial charge in [-0.3, -0.25) is 4.79 Å². The van der Waals surface area contributed by atoms with Crippen molar-refractivity contribution < 1.29 is 9.90 Å². The van der Waals surface area contributed by atoms with E-state index >= 15 is 0 Å². The number of hydrogen-bond donors (Lipinski definition) is 2. The van der Waals surface area contributed by atoms with Gasteiger partial charge in [0.25, 0.3) is 0 Å². The fourth-order valence-corrected chi connectivity index (χ4v) is 1.08. The largest absolute Gasteiger partial charge is 0.389 e. The van der Waals surface area contributed by atoms with E-state index in [0.29, 0.717) is 5.69 Å². The molecule has 0 saturated carbocycles. The van der Waals surface area contributed by atoms with Crippen molar-refractivity contribution in [3.8, 4) is 0 Å². The zero-order valence-corrected chi connectivity index (χ0v) is 7.74. The summed E-state index contributed by atoms with van der Waals surface area (Å²) in [5.74, 6) is -0.109. The molecule has 1 unspecified atom stereocenters. The number of hydrogen-bond acceptors (Lipinski definition) is 2. The SMILES string of the molecule is CC(=O)Nc1cccc(C(C)O)c1. The smallest absolute Gasteiger partial charge is 0.221 e. The van der Waals surface area contributed by atoms with E-state index in [0.717, 1.165) is 5.56 Å². The van der Waals surface area contributed by atoms with Crippen LogP contribution < -0.4 is 5.32 Å². The molecule has 13 heavy (non-hydrogen) atoms. The first kappa shape index (κ1) is 9.74. The van der Waals surface area contributed by atoms with Crippen LogP contribution in [0.1, 0.15) is 25.5 Å². The highest BCUT2D eigenvalue weighted by Crippen LogP contribution is 2.16. The maximum atomic E-state index is 10.7. The summed E-state index contributed by atoms with van der Waals surface area (Å²) in [5.41, 5.74) is 1.51. The molecule has 2 N–H and O–H groups in total. The number of carbonyl (C=O) groups excluding carboxylic acids is 1. The van der Waals surface area contributed by atoms with Crippen molar-refractivity contribution in [1.82, 2.24) is 0 Å². The quantitative estimate of drug-likeness (QED) is 0.726. The Kier molecular flexibility index (Phi) is 3.03. The molecule has 0 bridgehead atoms. The van der Waals surface area contributed by atoms with Gasteiger partial charge in [-0.05, 0) is 24.6 Å². The van der Waals surface area contributed by atoms with Gasteiger partial charge < -0.3 is 10.4 Å². The fourth-order valence-electron chi connectivity index (χ4n) is 1.08. The molecular formula is C10H13NO2. The summed E-state index contributed by atoms with van der Waals surface area (Å²) in [7, 11) is 0. The monoisotopic (exact) mass is 179 g/mol. The number of rotatable bonds is 2. The lowest BCUT2D eigenvalue weighted by atomic mass is 10.1. The standard InChI is InChI=1S/C10H13NO2/c1-7(12)9-4-3-5-10(6-9)11-8(2)13/h3-7,12H,1-2H3,(H,11,13). The minimum Gasteiger partial charge on any atom is -0.389 e. The molecule has 0 aromatic heterocycles. The van der Waals surface area contributed by atoms with Crippen molar-refractivity contribution in [2.75, 3.05) is 5.32 Å². The first-order valence-electron chi connectivity index (χ1n) is 4.15. The first-order chi connectivity index (χ1) is 6.09. The Morgan fingerprint density at radius 3 is 2.77 bits per heavy atom. The van der Waals surface area contributed by atoms with Gasteiger partial charge >= 0.3 is 0 Å². The average molecular weight is 179 g/mol. The average Bonchev–Trinajstić information content (AvgIpc) is 2.03. The third kappa shape index (κ3) is 2.87. The van der Waals surface area contributed by atoms with E-state index in [1.54, 1.807) is 25.1 Å². The summed E-state index contributed by atoms with van der Waals surface area (Å²) >= 11 is 0. The van der Waals surface area contributed by atoms with Gasteiger partial charge in [0.2, 0.25) is 5.91 Å². The van der Waals surface area contributed by atoms with Gasteiger partial charge in [-0.15, -0.1) is 0 Å². The van der Waals surface area contributed by atoms with Crippen LogP contribution in [0, 0.1) is 0 Å². The summed E-state index contributed by atoms with van der Waals surface area (Å²) in [6.07, 6.45) is -0.506. The number of aliphatic hydroxyl groups is 1.